The third-order valence-corrected chi connectivity index (χ3v) is 6.44. The molecule has 1 saturated carbocycles. The lowest BCUT2D eigenvalue weighted by Gasteiger charge is -2.19. The Kier molecular flexibility index (Phi) is 7.54. The molecular formula is C28H29N3O3. The number of ketones is 1. The van der Waals surface area contributed by atoms with Crippen molar-refractivity contribution in [2.45, 2.75) is 57.9 Å². The van der Waals surface area contributed by atoms with E-state index in [1.165, 1.54) is 19.3 Å². The quantitative estimate of drug-likeness (QED) is 0.344. The molecule has 1 aliphatic carbocycles. The van der Waals surface area contributed by atoms with Gasteiger partial charge in [-0.15, -0.1) is 17.4 Å². The molecule has 1 N–H and O–H groups in total. The van der Waals surface area contributed by atoms with Crippen LogP contribution >= 0.6 is 0 Å². The van der Waals surface area contributed by atoms with E-state index in [-0.39, 0.29) is 17.2 Å². The highest BCUT2D eigenvalue weighted by Crippen LogP contribution is 2.27. The second kappa shape index (κ2) is 10.9. The van der Waals surface area contributed by atoms with Gasteiger partial charge in [0.1, 0.15) is 5.82 Å². The van der Waals surface area contributed by atoms with E-state index in [9.17, 15) is 14.7 Å². The zero-order valence-corrected chi connectivity index (χ0v) is 19.2. The number of carboxylic acid groups (broad SMARTS) is 1. The molecule has 0 radical (unpaired) electrons. The number of nitrogens with zero attached hydrogens (tertiary/aromatic N) is 3. The van der Waals surface area contributed by atoms with Gasteiger partial charge in [-0.2, -0.15) is 0 Å². The summed E-state index contributed by atoms with van der Waals surface area (Å²) in [5, 5.41) is 14.0. The number of aromatic carboxylic acids is 1. The molecule has 0 atom stereocenters. The van der Waals surface area contributed by atoms with Crippen LogP contribution < -0.4 is 0 Å². The van der Waals surface area contributed by atoms with Crippen molar-refractivity contribution < 1.29 is 14.7 Å². The summed E-state index contributed by atoms with van der Waals surface area (Å²) in [7, 11) is 0. The van der Waals surface area contributed by atoms with E-state index in [2.05, 4.69) is 16.0 Å². The first-order chi connectivity index (χ1) is 16.5. The molecule has 6 heteroatoms. The molecule has 0 saturated heterocycles. The number of Topliss-reactive ketones (excluding diaryl/α,β-unsaturated/α-hetero) is 1. The minimum absolute atomic E-state index is 0.00762. The Morgan fingerprint density at radius 3 is 2.50 bits per heavy atom. The number of carbonyl (C=O) groups is 2. The fourth-order valence-corrected chi connectivity index (χ4v) is 4.62. The van der Waals surface area contributed by atoms with Gasteiger partial charge in [0.15, 0.2) is 0 Å². The molecular weight excluding hydrogens is 426 g/mol. The van der Waals surface area contributed by atoms with Crippen molar-refractivity contribution in [3.8, 4) is 23.5 Å². The Labute approximate surface area is 200 Å². The van der Waals surface area contributed by atoms with Crippen LogP contribution in [0.2, 0.25) is 0 Å². The van der Waals surface area contributed by atoms with Gasteiger partial charge in [-0.3, -0.25) is 4.79 Å². The number of aromatic nitrogens is 3. The smallest absolute Gasteiger partial charge is 0.336 e. The second-order valence-corrected chi connectivity index (χ2v) is 8.89. The largest absolute Gasteiger partial charge is 0.478 e. The highest BCUT2D eigenvalue weighted by Gasteiger charge is 2.22. The Morgan fingerprint density at radius 2 is 1.79 bits per heavy atom. The van der Waals surface area contributed by atoms with E-state index in [1.54, 1.807) is 22.9 Å². The van der Waals surface area contributed by atoms with Crippen molar-refractivity contribution in [3.05, 3.63) is 71.3 Å². The van der Waals surface area contributed by atoms with E-state index in [0.717, 1.165) is 24.0 Å². The molecule has 3 aromatic rings. The van der Waals surface area contributed by atoms with E-state index in [1.807, 2.05) is 30.3 Å². The van der Waals surface area contributed by atoms with Crippen molar-refractivity contribution in [1.29, 1.82) is 0 Å². The summed E-state index contributed by atoms with van der Waals surface area (Å²) >= 11 is 0. The lowest BCUT2D eigenvalue weighted by atomic mass is 9.86. The molecule has 1 aliphatic rings. The highest BCUT2D eigenvalue weighted by atomic mass is 16.4. The average molecular weight is 456 g/mol. The molecule has 4 rings (SSSR count). The molecule has 1 heterocycles. The van der Waals surface area contributed by atoms with Crippen molar-refractivity contribution in [2.24, 2.45) is 5.92 Å². The molecule has 0 spiro atoms. The Bertz CT molecular complexity index is 1200. The van der Waals surface area contributed by atoms with Crippen LogP contribution in [0.5, 0.6) is 0 Å². The molecule has 0 unspecified atom stereocenters. The van der Waals surface area contributed by atoms with Gasteiger partial charge in [-0.25, -0.2) is 14.5 Å². The summed E-state index contributed by atoms with van der Waals surface area (Å²) in [6.45, 7) is 0.463. The summed E-state index contributed by atoms with van der Waals surface area (Å²) in [4.78, 5) is 29.0. The molecule has 1 aromatic heterocycles. The topological polar surface area (TPSA) is 85.1 Å². The van der Waals surface area contributed by atoms with Gasteiger partial charge < -0.3 is 5.11 Å². The maximum Gasteiger partial charge on any atom is 0.336 e. The first-order valence-electron chi connectivity index (χ1n) is 11.9. The normalized spacial score (nSPS) is 14.0. The van der Waals surface area contributed by atoms with Gasteiger partial charge in [0, 0.05) is 19.3 Å². The first-order valence-corrected chi connectivity index (χ1v) is 11.9. The summed E-state index contributed by atoms with van der Waals surface area (Å²) in [5.41, 5.74) is 2.75. The van der Waals surface area contributed by atoms with Crippen LogP contribution in [0.15, 0.2) is 48.5 Å². The summed E-state index contributed by atoms with van der Waals surface area (Å²) < 4.78 is 1.77. The van der Waals surface area contributed by atoms with Crippen LogP contribution in [-0.2, 0) is 13.0 Å². The predicted octanol–water partition coefficient (Wildman–Crippen LogP) is 5.41. The molecule has 6 nitrogen and oxygen atoms in total. The van der Waals surface area contributed by atoms with Crippen molar-refractivity contribution in [1.82, 2.24) is 14.8 Å². The van der Waals surface area contributed by atoms with Crippen LogP contribution in [-0.4, -0.2) is 31.6 Å². The van der Waals surface area contributed by atoms with Crippen LogP contribution in [0.3, 0.4) is 0 Å². The van der Waals surface area contributed by atoms with Crippen LogP contribution in [0, 0.1) is 18.3 Å². The lowest BCUT2D eigenvalue weighted by Crippen LogP contribution is -2.13. The van der Waals surface area contributed by atoms with Crippen LogP contribution in [0.4, 0.5) is 0 Å². The molecule has 2 aromatic carbocycles. The minimum atomic E-state index is -0.953. The number of rotatable bonds is 9. The number of carboxylic acids is 1. The maximum absolute atomic E-state index is 12.9. The maximum atomic E-state index is 12.9. The molecule has 0 amide bonds. The number of hydrogen-bond donors (Lipinski definition) is 1. The van der Waals surface area contributed by atoms with E-state index >= 15 is 0 Å². The average Bonchev–Trinajstić information content (AvgIpc) is 3.26. The van der Waals surface area contributed by atoms with Crippen molar-refractivity contribution in [3.63, 3.8) is 0 Å². The Hall–Kier alpha value is -3.72. The van der Waals surface area contributed by atoms with Gasteiger partial charge in [0.2, 0.25) is 11.6 Å². The number of benzene rings is 2. The van der Waals surface area contributed by atoms with Crippen LogP contribution in [0.1, 0.15) is 77.3 Å². The standard InChI is InChI=1S/C28H29N3O3/c1-2-3-13-26-29-27(25(32)18-20-9-5-4-6-10-20)30-31(26)19-21-14-16-22(17-15-21)23-11-7-8-12-24(23)28(33)34/h1,7-8,11-12,14-17,20H,3-6,9-10,13,18-19H2,(H,33,34). The van der Waals surface area contributed by atoms with Crippen molar-refractivity contribution >= 4 is 11.8 Å². The van der Waals surface area contributed by atoms with Crippen molar-refractivity contribution in [2.75, 3.05) is 0 Å². The fourth-order valence-electron chi connectivity index (χ4n) is 4.62. The van der Waals surface area contributed by atoms with Gasteiger partial charge in [-0.05, 0) is 28.7 Å². The zero-order valence-electron chi connectivity index (χ0n) is 19.2. The monoisotopic (exact) mass is 455 g/mol. The second-order valence-electron chi connectivity index (χ2n) is 8.89. The van der Waals surface area contributed by atoms with Gasteiger partial charge in [-0.1, -0.05) is 74.6 Å². The number of hydrogen-bond acceptors (Lipinski definition) is 4. The van der Waals surface area contributed by atoms with E-state index in [4.69, 9.17) is 6.42 Å². The Morgan fingerprint density at radius 1 is 1.06 bits per heavy atom. The zero-order chi connectivity index (χ0) is 23.9. The minimum Gasteiger partial charge on any atom is -0.478 e. The molecule has 0 bridgehead atoms. The molecule has 1 fully saturated rings. The predicted molar refractivity (Wildman–Crippen MR) is 131 cm³/mol. The lowest BCUT2D eigenvalue weighted by molar-refractivity contribution is 0.0697. The summed E-state index contributed by atoms with van der Waals surface area (Å²) in [5.74, 6) is 3.12. The third kappa shape index (κ3) is 5.60. The summed E-state index contributed by atoms with van der Waals surface area (Å²) in [6.07, 6.45) is 12.9. The van der Waals surface area contributed by atoms with Gasteiger partial charge in [0.25, 0.3) is 0 Å². The first kappa shape index (κ1) is 23.4. The SMILES string of the molecule is C#CCCc1nc(C(=O)CC2CCCCC2)nn1Cc1ccc(-c2ccccc2C(=O)O)cc1. The number of terminal acetylenes is 1. The van der Waals surface area contributed by atoms with Gasteiger partial charge >= 0.3 is 5.97 Å². The fraction of sp³-hybridized carbons (Fsp3) is 0.357. The van der Waals surface area contributed by atoms with E-state index in [0.29, 0.717) is 43.1 Å². The highest BCUT2D eigenvalue weighted by molar-refractivity contribution is 5.96. The molecule has 0 aliphatic heterocycles. The van der Waals surface area contributed by atoms with Crippen LogP contribution in [0.25, 0.3) is 11.1 Å². The Balaban J connectivity index is 1.52. The number of aryl methyl sites for hydroxylation is 1. The van der Waals surface area contributed by atoms with E-state index < -0.39 is 5.97 Å². The molecule has 174 valence electrons. The third-order valence-electron chi connectivity index (χ3n) is 6.44. The summed E-state index contributed by atoms with van der Waals surface area (Å²) in [6, 6.07) is 14.7. The van der Waals surface area contributed by atoms with Gasteiger partial charge in [0.05, 0.1) is 12.1 Å². The number of carbonyl (C=O) groups excluding carboxylic acids is 1. The molecule has 34 heavy (non-hydrogen) atoms.